The van der Waals surface area contributed by atoms with Crippen molar-refractivity contribution < 1.29 is 22.7 Å². The number of rotatable bonds is 8. The molecule has 29 heavy (non-hydrogen) atoms. The summed E-state index contributed by atoms with van der Waals surface area (Å²) in [7, 11) is -2.39. The van der Waals surface area contributed by atoms with E-state index in [1.54, 1.807) is 37.3 Å². The highest BCUT2D eigenvalue weighted by Gasteiger charge is 2.23. The van der Waals surface area contributed by atoms with Gasteiger partial charge in [0, 0.05) is 17.3 Å². The molecule has 0 radical (unpaired) electrons. The minimum atomic E-state index is -3.91. The van der Waals surface area contributed by atoms with Crippen molar-refractivity contribution in [3.05, 3.63) is 53.6 Å². The second kappa shape index (κ2) is 8.52. The van der Waals surface area contributed by atoms with E-state index in [1.807, 2.05) is 0 Å². The Bertz CT molecular complexity index is 1010. The molecule has 3 N–H and O–H groups in total. The molecule has 2 aromatic carbocycles. The first-order chi connectivity index (χ1) is 13.8. The summed E-state index contributed by atoms with van der Waals surface area (Å²) in [5, 5.41) is 5.28. The van der Waals surface area contributed by atoms with Crippen LogP contribution in [0.25, 0.3) is 0 Å². The monoisotopic (exact) mass is 417 g/mol. The van der Waals surface area contributed by atoms with Gasteiger partial charge >= 0.3 is 0 Å². The number of sulfonamides is 1. The van der Waals surface area contributed by atoms with Crippen LogP contribution in [-0.4, -0.2) is 39.9 Å². The summed E-state index contributed by atoms with van der Waals surface area (Å²) in [4.78, 5) is 24.1. The Morgan fingerprint density at radius 3 is 2.41 bits per heavy atom. The van der Waals surface area contributed by atoms with Gasteiger partial charge in [0.2, 0.25) is 5.91 Å². The van der Waals surface area contributed by atoms with Crippen LogP contribution in [0.5, 0.6) is 5.75 Å². The molecule has 1 fully saturated rings. The fraction of sp³-hybridized carbons (Fsp3) is 0.300. The van der Waals surface area contributed by atoms with Gasteiger partial charge in [-0.1, -0.05) is 6.07 Å². The molecule has 3 rings (SSSR count). The summed E-state index contributed by atoms with van der Waals surface area (Å²) < 4.78 is 33.2. The van der Waals surface area contributed by atoms with Crippen LogP contribution in [0.15, 0.2) is 47.4 Å². The molecule has 9 heteroatoms. The van der Waals surface area contributed by atoms with Crippen molar-refractivity contribution in [1.29, 1.82) is 0 Å². The summed E-state index contributed by atoms with van der Waals surface area (Å²) in [6.07, 6.45) is 1.92. The molecule has 0 unspecified atom stereocenters. The summed E-state index contributed by atoms with van der Waals surface area (Å²) in [6.45, 7) is 1.49. The number of hydrogen-bond acceptors (Lipinski definition) is 5. The minimum Gasteiger partial charge on any atom is -0.497 e. The Morgan fingerprint density at radius 2 is 1.79 bits per heavy atom. The van der Waals surface area contributed by atoms with Crippen molar-refractivity contribution >= 4 is 27.5 Å². The lowest BCUT2D eigenvalue weighted by atomic mass is 10.1. The Hall–Kier alpha value is -3.07. The molecule has 2 aromatic rings. The van der Waals surface area contributed by atoms with E-state index in [4.69, 9.17) is 4.74 Å². The standard InChI is InChI=1S/C20H23N3O5S/c1-13-3-4-14(20(25)21-12-19(24)22-15-5-6-15)11-18(13)29(26,27)23-16-7-9-17(28-2)10-8-16/h3-4,7-11,15,23H,5-6,12H2,1-2H3,(H,21,25)(H,22,24). The largest absolute Gasteiger partial charge is 0.497 e. The van der Waals surface area contributed by atoms with Crippen molar-refractivity contribution in [3.8, 4) is 5.75 Å². The van der Waals surface area contributed by atoms with E-state index in [-0.39, 0.29) is 29.0 Å². The SMILES string of the molecule is COc1ccc(NS(=O)(=O)c2cc(C(=O)NCC(=O)NC3CC3)ccc2C)cc1. The highest BCUT2D eigenvalue weighted by atomic mass is 32.2. The topological polar surface area (TPSA) is 114 Å². The van der Waals surface area contributed by atoms with Gasteiger partial charge in [-0.25, -0.2) is 8.42 Å². The number of nitrogens with one attached hydrogen (secondary N) is 3. The quantitative estimate of drug-likeness (QED) is 0.606. The van der Waals surface area contributed by atoms with Crippen LogP contribution < -0.4 is 20.1 Å². The number of benzene rings is 2. The van der Waals surface area contributed by atoms with E-state index in [0.717, 1.165) is 12.8 Å². The lowest BCUT2D eigenvalue weighted by Gasteiger charge is -2.12. The first-order valence-electron chi connectivity index (χ1n) is 9.13. The first-order valence-corrected chi connectivity index (χ1v) is 10.6. The van der Waals surface area contributed by atoms with Crippen LogP contribution in [-0.2, 0) is 14.8 Å². The van der Waals surface area contributed by atoms with Gasteiger partial charge in [0.1, 0.15) is 5.75 Å². The number of anilines is 1. The van der Waals surface area contributed by atoms with E-state index in [9.17, 15) is 18.0 Å². The lowest BCUT2D eigenvalue weighted by Crippen LogP contribution is -2.37. The highest BCUT2D eigenvalue weighted by molar-refractivity contribution is 7.92. The average Bonchev–Trinajstić information content (AvgIpc) is 3.50. The zero-order valence-electron chi connectivity index (χ0n) is 16.2. The van der Waals surface area contributed by atoms with Gasteiger partial charge in [-0.05, 0) is 61.7 Å². The summed E-state index contributed by atoms with van der Waals surface area (Å²) in [5.41, 5.74) is 1.02. The number of hydrogen-bond donors (Lipinski definition) is 3. The molecule has 0 atom stereocenters. The number of aryl methyl sites for hydroxylation is 1. The van der Waals surface area contributed by atoms with Gasteiger partial charge < -0.3 is 15.4 Å². The number of carbonyl (C=O) groups is 2. The van der Waals surface area contributed by atoms with E-state index < -0.39 is 15.9 Å². The summed E-state index contributed by atoms with van der Waals surface area (Å²) in [5.74, 6) is -0.174. The van der Waals surface area contributed by atoms with E-state index in [0.29, 0.717) is 17.0 Å². The lowest BCUT2D eigenvalue weighted by molar-refractivity contribution is -0.120. The predicted octanol–water partition coefficient (Wildman–Crippen LogP) is 1.81. The third-order valence-electron chi connectivity index (χ3n) is 4.43. The van der Waals surface area contributed by atoms with Crippen LogP contribution in [0.2, 0.25) is 0 Å². The van der Waals surface area contributed by atoms with Gasteiger partial charge in [0.15, 0.2) is 0 Å². The third kappa shape index (κ3) is 5.47. The van der Waals surface area contributed by atoms with Gasteiger partial charge in [-0.15, -0.1) is 0 Å². The van der Waals surface area contributed by atoms with Crippen LogP contribution in [0.3, 0.4) is 0 Å². The molecule has 1 aliphatic carbocycles. The zero-order chi connectivity index (χ0) is 21.0. The Morgan fingerprint density at radius 1 is 1.10 bits per heavy atom. The fourth-order valence-corrected chi connectivity index (χ4v) is 4.00. The van der Waals surface area contributed by atoms with Gasteiger partial charge in [0.05, 0.1) is 18.6 Å². The fourth-order valence-electron chi connectivity index (χ4n) is 2.67. The van der Waals surface area contributed by atoms with Crippen molar-refractivity contribution in [2.24, 2.45) is 0 Å². The average molecular weight is 417 g/mol. The second-order valence-corrected chi connectivity index (χ2v) is 8.49. The molecule has 0 bridgehead atoms. The van der Waals surface area contributed by atoms with Gasteiger partial charge in [0.25, 0.3) is 15.9 Å². The van der Waals surface area contributed by atoms with Gasteiger partial charge in [-0.3, -0.25) is 14.3 Å². The van der Waals surface area contributed by atoms with Crippen molar-refractivity contribution in [2.45, 2.75) is 30.7 Å². The highest BCUT2D eigenvalue weighted by Crippen LogP contribution is 2.22. The van der Waals surface area contributed by atoms with Crippen LogP contribution in [0.1, 0.15) is 28.8 Å². The number of methoxy groups -OCH3 is 1. The van der Waals surface area contributed by atoms with Crippen LogP contribution in [0.4, 0.5) is 5.69 Å². The molecule has 2 amide bonds. The Labute approximate surface area is 169 Å². The Kier molecular flexibility index (Phi) is 6.07. The molecule has 1 saturated carbocycles. The van der Waals surface area contributed by atoms with Crippen molar-refractivity contribution in [1.82, 2.24) is 10.6 Å². The second-order valence-electron chi connectivity index (χ2n) is 6.84. The molecule has 0 aliphatic heterocycles. The van der Waals surface area contributed by atoms with E-state index >= 15 is 0 Å². The molecular formula is C20H23N3O5S. The number of amides is 2. The normalized spacial score (nSPS) is 13.4. The summed E-state index contributed by atoms with van der Waals surface area (Å²) >= 11 is 0. The number of carbonyl (C=O) groups excluding carboxylic acids is 2. The molecule has 1 aliphatic rings. The maximum Gasteiger partial charge on any atom is 0.262 e. The molecule has 0 aromatic heterocycles. The molecule has 154 valence electrons. The van der Waals surface area contributed by atoms with E-state index in [2.05, 4.69) is 15.4 Å². The summed E-state index contributed by atoms with van der Waals surface area (Å²) in [6, 6.07) is 11.0. The van der Waals surface area contributed by atoms with Crippen molar-refractivity contribution in [3.63, 3.8) is 0 Å². The van der Waals surface area contributed by atoms with Crippen molar-refractivity contribution in [2.75, 3.05) is 18.4 Å². The Balaban J connectivity index is 1.72. The predicted molar refractivity (Wildman–Crippen MR) is 108 cm³/mol. The first kappa shape index (κ1) is 20.7. The minimum absolute atomic E-state index is 0.0107. The third-order valence-corrected chi connectivity index (χ3v) is 5.96. The molecule has 8 nitrogen and oxygen atoms in total. The molecular weight excluding hydrogens is 394 g/mol. The smallest absolute Gasteiger partial charge is 0.262 e. The maximum atomic E-state index is 12.8. The van der Waals surface area contributed by atoms with Crippen LogP contribution >= 0.6 is 0 Å². The number of ether oxygens (including phenoxy) is 1. The zero-order valence-corrected chi connectivity index (χ0v) is 17.0. The molecule has 0 spiro atoms. The van der Waals surface area contributed by atoms with E-state index in [1.165, 1.54) is 19.2 Å². The van der Waals surface area contributed by atoms with Crippen LogP contribution in [0, 0.1) is 6.92 Å². The molecule has 0 saturated heterocycles. The van der Waals surface area contributed by atoms with Gasteiger partial charge in [-0.2, -0.15) is 0 Å². The molecule has 0 heterocycles. The maximum absolute atomic E-state index is 12.8.